The van der Waals surface area contributed by atoms with Crippen molar-refractivity contribution in [3.05, 3.63) is 47.5 Å². The molecule has 1 aliphatic heterocycles. The van der Waals surface area contributed by atoms with Crippen molar-refractivity contribution in [2.45, 2.75) is 75.0 Å². The van der Waals surface area contributed by atoms with Crippen LogP contribution in [0.4, 0.5) is 0 Å². The van der Waals surface area contributed by atoms with E-state index in [-0.39, 0.29) is 35.8 Å². The van der Waals surface area contributed by atoms with E-state index in [4.69, 9.17) is 14.2 Å². The topological polar surface area (TPSA) is 207 Å². The van der Waals surface area contributed by atoms with Crippen molar-refractivity contribution in [2.75, 3.05) is 6.61 Å². The van der Waals surface area contributed by atoms with Gasteiger partial charge in [-0.1, -0.05) is 12.1 Å². The zero-order valence-electron chi connectivity index (χ0n) is 20.5. The second kappa shape index (κ2) is 13.6. The lowest BCUT2D eigenvalue weighted by atomic mass is 9.97. The van der Waals surface area contributed by atoms with E-state index < -0.39 is 49.5 Å². The summed E-state index contributed by atoms with van der Waals surface area (Å²) in [7, 11) is 0. The van der Waals surface area contributed by atoms with E-state index in [1.54, 1.807) is 12.1 Å². The number of ether oxygens (including phenoxy) is 3. The molecule has 0 unspecified atom stereocenters. The molecule has 1 aliphatic rings. The summed E-state index contributed by atoms with van der Waals surface area (Å²) in [5.41, 5.74) is 1.35. The number of aliphatic hydroxyl groups excluding tert-OH is 4. The van der Waals surface area contributed by atoms with Gasteiger partial charge in [0.15, 0.2) is 29.3 Å². The van der Waals surface area contributed by atoms with Gasteiger partial charge in [-0.2, -0.15) is 0 Å². The molecule has 210 valence electrons. The van der Waals surface area contributed by atoms with Crippen molar-refractivity contribution in [2.24, 2.45) is 0 Å². The highest BCUT2D eigenvalue weighted by molar-refractivity contribution is 5.41. The Hall–Kier alpha value is -3.13. The summed E-state index contributed by atoms with van der Waals surface area (Å²) in [6.45, 7) is -0.333. The summed E-state index contributed by atoms with van der Waals surface area (Å²) in [6, 6.07) is 8.69. The molecule has 0 aliphatic carbocycles. The molecule has 0 spiro atoms. The first-order valence-electron chi connectivity index (χ1n) is 12.2. The highest BCUT2D eigenvalue weighted by Gasteiger charge is 2.45. The fourth-order valence-corrected chi connectivity index (χ4v) is 4.33. The van der Waals surface area contributed by atoms with Gasteiger partial charge in [-0.25, -0.2) is 0 Å². The number of hydrogen-bond acceptors (Lipinski definition) is 12. The number of carbonyl (C=O) groups is 1. The lowest BCUT2D eigenvalue weighted by Crippen LogP contribution is -2.59. The predicted octanol–water partition coefficient (Wildman–Crippen LogP) is 0.191. The first-order valence-corrected chi connectivity index (χ1v) is 12.2. The van der Waals surface area contributed by atoms with E-state index in [2.05, 4.69) is 0 Å². The van der Waals surface area contributed by atoms with Crippen LogP contribution in [0.5, 0.6) is 23.0 Å². The van der Waals surface area contributed by atoms with E-state index in [0.717, 1.165) is 0 Å². The summed E-state index contributed by atoms with van der Waals surface area (Å²) in [6.07, 6.45) is -7.36. The molecule has 2 aromatic rings. The molecule has 0 radical (unpaired) electrons. The molecule has 0 bridgehead atoms. The number of aromatic hydroxyl groups is 4. The number of hydrogen-bond donors (Lipinski definition) is 8. The van der Waals surface area contributed by atoms with Gasteiger partial charge in [-0.3, -0.25) is 4.79 Å². The zero-order valence-corrected chi connectivity index (χ0v) is 20.5. The summed E-state index contributed by atoms with van der Waals surface area (Å²) >= 11 is 0. The van der Waals surface area contributed by atoms with E-state index in [9.17, 15) is 45.6 Å². The van der Waals surface area contributed by atoms with Gasteiger partial charge in [0.05, 0.1) is 12.7 Å². The van der Waals surface area contributed by atoms with E-state index >= 15 is 0 Å². The molecule has 3 rings (SSSR count). The molecule has 0 amide bonds. The molecular formula is C26H34O12. The maximum atomic E-state index is 11.2. The number of phenolic OH excluding ortho intramolecular Hbond substituents is 4. The number of phenols is 4. The molecule has 1 heterocycles. The second-order valence-corrected chi connectivity index (χ2v) is 9.27. The minimum Gasteiger partial charge on any atom is -0.504 e. The Bertz CT molecular complexity index is 1040. The van der Waals surface area contributed by atoms with Crippen LogP contribution in [0, 0.1) is 0 Å². The van der Waals surface area contributed by atoms with Crippen LogP contribution in [0.1, 0.15) is 30.4 Å². The van der Waals surface area contributed by atoms with Crippen LogP contribution in [-0.4, -0.2) is 96.8 Å². The van der Waals surface area contributed by atoms with Crippen molar-refractivity contribution < 1.29 is 59.9 Å². The third-order valence-corrected chi connectivity index (χ3v) is 6.54. The average Bonchev–Trinajstić information content (AvgIpc) is 2.90. The van der Waals surface area contributed by atoms with Gasteiger partial charge < -0.3 is 55.1 Å². The first kappa shape index (κ1) is 29.4. The van der Waals surface area contributed by atoms with Crippen LogP contribution >= 0.6 is 0 Å². The van der Waals surface area contributed by atoms with E-state index in [0.29, 0.717) is 36.9 Å². The average molecular weight is 539 g/mol. The van der Waals surface area contributed by atoms with E-state index in [1.165, 1.54) is 24.3 Å². The van der Waals surface area contributed by atoms with Gasteiger partial charge in [0.1, 0.15) is 30.5 Å². The maximum Gasteiger partial charge on any atom is 0.293 e. The van der Waals surface area contributed by atoms with Crippen LogP contribution < -0.4 is 0 Å². The van der Waals surface area contributed by atoms with Crippen LogP contribution in [0.25, 0.3) is 0 Å². The van der Waals surface area contributed by atoms with Crippen molar-refractivity contribution in [1.82, 2.24) is 0 Å². The predicted molar refractivity (Wildman–Crippen MR) is 130 cm³/mol. The number of aliphatic hydroxyl groups is 4. The third-order valence-electron chi connectivity index (χ3n) is 6.54. The monoisotopic (exact) mass is 538 g/mol. The Kier molecular flexibility index (Phi) is 10.5. The third kappa shape index (κ3) is 7.69. The highest BCUT2D eigenvalue weighted by atomic mass is 16.7. The SMILES string of the molecule is O=CO[C@@H](CCc1ccc(O)c(O)c1)C[C@H](CCc1ccc(O)c(O)c1)O[C@@H]1O[C@H](CO)[C@@H](O)[C@H](O)[C@H]1O. The van der Waals surface area contributed by atoms with Crippen molar-refractivity contribution in [3.63, 3.8) is 0 Å². The molecule has 8 N–H and O–H groups in total. The summed E-state index contributed by atoms with van der Waals surface area (Å²) in [5, 5.41) is 78.7. The van der Waals surface area contributed by atoms with Gasteiger partial charge in [0.2, 0.25) is 0 Å². The van der Waals surface area contributed by atoms with Gasteiger partial charge in [-0.05, 0) is 61.1 Å². The fraction of sp³-hybridized carbons (Fsp3) is 0.500. The smallest absolute Gasteiger partial charge is 0.293 e. The Morgan fingerprint density at radius 1 is 0.789 bits per heavy atom. The van der Waals surface area contributed by atoms with Crippen molar-refractivity contribution >= 4 is 6.47 Å². The number of aryl methyl sites for hydroxylation is 2. The maximum absolute atomic E-state index is 11.2. The lowest BCUT2D eigenvalue weighted by molar-refractivity contribution is -0.313. The number of rotatable bonds is 13. The van der Waals surface area contributed by atoms with Gasteiger partial charge in [0.25, 0.3) is 6.47 Å². The van der Waals surface area contributed by atoms with Crippen LogP contribution in [0.2, 0.25) is 0 Å². The molecule has 0 saturated carbocycles. The van der Waals surface area contributed by atoms with Gasteiger partial charge in [-0.15, -0.1) is 0 Å². The lowest BCUT2D eigenvalue weighted by Gasteiger charge is -2.41. The zero-order chi connectivity index (χ0) is 27.8. The summed E-state index contributed by atoms with van der Waals surface area (Å²) < 4.78 is 16.7. The van der Waals surface area contributed by atoms with Crippen LogP contribution in [-0.2, 0) is 31.8 Å². The largest absolute Gasteiger partial charge is 0.504 e. The molecule has 1 fully saturated rings. The normalized spacial score (nSPS) is 25.0. The molecule has 1 saturated heterocycles. The molecule has 7 atom stereocenters. The molecule has 0 aromatic heterocycles. The minimum atomic E-state index is -1.63. The fourth-order valence-electron chi connectivity index (χ4n) is 4.33. The molecule has 38 heavy (non-hydrogen) atoms. The number of benzene rings is 2. The quantitative estimate of drug-likeness (QED) is 0.127. The number of carbonyl (C=O) groups excluding carboxylic acids is 1. The Morgan fingerprint density at radius 3 is 1.84 bits per heavy atom. The summed E-state index contributed by atoms with van der Waals surface area (Å²) in [4.78, 5) is 11.2. The van der Waals surface area contributed by atoms with Crippen LogP contribution in [0.15, 0.2) is 36.4 Å². The van der Waals surface area contributed by atoms with Gasteiger partial charge in [0, 0.05) is 6.42 Å². The first-order chi connectivity index (χ1) is 18.1. The molecule has 12 heteroatoms. The van der Waals surface area contributed by atoms with Crippen LogP contribution in [0.3, 0.4) is 0 Å². The second-order valence-electron chi connectivity index (χ2n) is 9.27. The van der Waals surface area contributed by atoms with Crippen molar-refractivity contribution in [1.29, 1.82) is 0 Å². The Morgan fingerprint density at radius 2 is 1.34 bits per heavy atom. The Labute approximate surface area is 218 Å². The van der Waals surface area contributed by atoms with E-state index in [1.807, 2.05) is 0 Å². The van der Waals surface area contributed by atoms with Gasteiger partial charge >= 0.3 is 0 Å². The molecular weight excluding hydrogens is 504 g/mol. The standard InChI is InChI=1S/C26H34O12/c27-12-22-23(33)24(34)25(35)26(38-22)37-17(6-2-15-4-8-19(30)21(32)10-15)11-16(36-13-28)5-1-14-3-7-18(29)20(31)9-14/h3-4,7-10,13,16-17,22-27,29-35H,1-2,5-6,11-12H2/t16-,17-,22+,23+,24-,25+,26+/m0/s1. The molecule has 12 nitrogen and oxygen atoms in total. The summed E-state index contributed by atoms with van der Waals surface area (Å²) in [5.74, 6) is -1.12. The minimum absolute atomic E-state index is 0.127. The Balaban J connectivity index is 1.74. The van der Waals surface area contributed by atoms with Crippen molar-refractivity contribution in [3.8, 4) is 23.0 Å². The highest BCUT2D eigenvalue weighted by Crippen LogP contribution is 2.29. The molecule has 2 aromatic carbocycles.